The molecule has 4 rings (SSSR count). The van der Waals surface area contributed by atoms with Crippen molar-refractivity contribution in [2.24, 2.45) is 53.3 Å². The fourth-order valence-electron chi connectivity index (χ4n) is 12.3. The molecule has 484 valence electrons. The third-order valence-corrected chi connectivity index (χ3v) is 21.5. The number of aldehydes is 1. The summed E-state index contributed by atoms with van der Waals surface area (Å²) in [6, 6.07) is 21.7. The second-order valence-electron chi connectivity index (χ2n) is 26.6. The lowest BCUT2D eigenvalue weighted by atomic mass is 9.86. The Morgan fingerprint density at radius 1 is 0.753 bits per heavy atom. The lowest BCUT2D eigenvalue weighted by Gasteiger charge is -2.43. The molecule has 0 saturated carbocycles. The summed E-state index contributed by atoms with van der Waals surface area (Å²) in [5.41, 5.74) is 3.58. The van der Waals surface area contributed by atoms with E-state index < -0.39 is 14.4 Å². The van der Waals surface area contributed by atoms with E-state index in [0.717, 1.165) is 45.0 Å². The maximum atomic E-state index is 11.2. The molecule has 2 saturated heterocycles. The van der Waals surface area contributed by atoms with Crippen LogP contribution in [0.1, 0.15) is 170 Å². The van der Waals surface area contributed by atoms with Crippen molar-refractivity contribution in [2.75, 3.05) is 35.0 Å². The van der Waals surface area contributed by atoms with Gasteiger partial charge in [0.25, 0.3) is 8.32 Å². The van der Waals surface area contributed by atoms with E-state index in [-0.39, 0.29) is 59.0 Å². The first-order valence-electron chi connectivity index (χ1n) is 31.5. The molecule has 0 bridgehead atoms. The average Bonchev–Trinajstić information content (AvgIpc) is 2.69. The molecule has 0 aromatic heterocycles. The van der Waals surface area contributed by atoms with Crippen LogP contribution in [0.25, 0.3) is 0 Å². The van der Waals surface area contributed by atoms with Gasteiger partial charge in [0.2, 0.25) is 0 Å². The molecular weight excluding hydrogens is 1080 g/mol. The second kappa shape index (κ2) is 41.2. The van der Waals surface area contributed by atoms with E-state index >= 15 is 0 Å². The first-order chi connectivity index (χ1) is 39.7. The van der Waals surface area contributed by atoms with E-state index in [4.69, 9.17) is 28.1 Å². The summed E-state index contributed by atoms with van der Waals surface area (Å²) >= 11 is 0. The van der Waals surface area contributed by atoms with Crippen molar-refractivity contribution < 1.29 is 47.5 Å². The van der Waals surface area contributed by atoms with Crippen molar-refractivity contribution in [3.8, 4) is 0 Å². The summed E-state index contributed by atoms with van der Waals surface area (Å²) in [5.74, 6) is 3.43. The van der Waals surface area contributed by atoms with Gasteiger partial charge in [-0.2, -0.15) is 0 Å². The van der Waals surface area contributed by atoms with E-state index in [1.54, 1.807) is 34.3 Å². The molecule has 15 atom stereocenters. The van der Waals surface area contributed by atoms with Crippen LogP contribution >= 0.6 is 0 Å². The number of esters is 1. The highest BCUT2D eigenvalue weighted by Crippen LogP contribution is 2.47. The maximum Gasteiger partial charge on any atom is 0.308 e. The molecule has 10 nitrogen and oxygen atoms in total. The van der Waals surface area contributed by atoms with Crippen LogP contribution in [0.2, 0.25) is 5.04 Å². The van der Waals surface area contributed by atoms with Crippen molar-refractivity contribution in [1.82, 2.24) is 0 Å². The molecule has 2 aromatic rings. The van der Waals surface area contributed by atoms with Crippen LogP contribution in [0.15, 0.2) is 134 Å². The summed E-state index contributed by atoms with van der Waals surface area (Å²) in [6.07, 6.45) is 16.2. The van der Waals surface area contributed by atoms with Crippen molar-refractivity contribution in [3.63, 3.8) is 0 Å². The molecule has 0 radical (unpaired) electrons. The van der Waals surface area contributed by atoms with Crippen molar-refractivity contribution in [3.05, 3.63) is 134 Å². The van der Waals surface area contributed by atoms with Gasteiger partial charge in [0.05, 0.1) is 61.9 Å². The van der Waals surface area contributed by atoms with Crippen LogP contribution in [0.5, 0.6) is 0 Å². The molecule has 2 heterocycles. The van der Waals surface area contributed by atoms with Gasteiger partial charge in [-0.25, -0.2) is 0 Å². The van der Waals surface area contributed by atoms with Gasteiger partial charge in [0, 0.05) is 51.6 Å². The molecule has 11 heteroatoms. The number of rotatable bonds is 29. The Labute approximate surface area is 521 Å². The number of epoxide rings is 1. The molecule has 85 heavy (non-hydrogen) atoms. The standard InChI is InChI=1S/C23H32OSi.C14H26O3.C14H22O3.C14H26O2.C9H18O/c1-19(2)17-20(3)18-24-25(23(4,5)6,21-13-9-7-10-14-21)22-15-11-8-12-16-22;1-7-9(2)8-14(5)13(17-14)10(3)12(16-6)11(4)15;1-5-6-10(2)14-11(3)7-8-12(17-14)9-13(15)16-4;1-10(2)14(16-6)13(5)8-11(3)7-12(4)9-15;1-6-8(4)9(10-5)7(2)3/h7-16,20H,1,17-18H2,2-6H3;7,9-13,15H,1,8H2,2-6H3;5-6,11-12,14H,1,7-9H2,2-4H3;8-10,12-14H,7H2,1-6H3;6-9H,1H2,2-5H3/b;;10-6+;11-8+;/t20-;9-,10-,11-,12-,13-,14-;11-,12+,14+;12-,13-,14-;8-,9-/m01000/s1. The van der Waals surface area contributed by atoms with Crippen molar-refractivity contribution in [1.29, 1.82) is 0 Å². The Hall–Kier alpha value is -4.04. The van der Waals surface area contributed by atoms with Gasteiger partial charge in [-0.1, -0.05) is 206 Å². The number of hydrogen-bond acceptors (Lipinski definition) is 10. The van der Waals surface area contributed by atoms with Crippen LogP contribution in [0.3, 0.4) is 0 Å². The zero-order chi connectivity index (χ0) is 65.4. The second-order valence-corrected chi connectivity index (χ2v) is 30.9. The molecule has 0 amide bonds. The Bertz CT molecular complexity index is 2210. The largest absolute Gasteiger partial charge is 0.469 e. The Morgan fingerprint density at radius 3 is 1.65 bits per heavy atom. The highest BCUT2D eigenvalue weighted by Gasteiger charge is 2.57. The summed E-state index contributed by atoms with van der Waals surface area (Å²) in [7, 11) is 4.17. The summed E-state index contributed by atoms with van der Waals surface area (Å²) < 4.78 is 39.5. The van der Waals surface area contributed by atoms with Crippen molar-refractivity contribution in [2.45, 2.75) is 223 Å². The number of carbonyl (C=O) groups is 2. The third-order valence-electron chi connectivity index (χ3n) is 16.5. The van der Waals surface area contributed by atoms with Crippen LogP contribution < -0.4 is 10.4 Å². The number of methoxy groups -OCH3 is 4. The predicted octanol–water partition coefficient (Wildman–Crippen LogP) is 16.4. The fraction of sp³-hybridized carbons (Fsp3) is 0.649. The molecule has 0 spiro atoms. The summed E-state index contributed by atoms with van der Waals surface area (Å²) in [4.78, 5) is 21.8. The molecule has 2 aromatic carbocycles. The minimum absolute atomic E-state index is 0.0168. The normalized spacial score (nSPS) is 22.3. The minimum atomic E-state index is -2.39. The highest BCUT2D eigenvalue weighted by molar-refractivity contribution is 6.99. The predicted molar refractivity (Wildman–Crippen MR) is 362 cm³/mol. The fourth-order valence-corrected chi connectivity index (χ4v) is 17.0. The summed E-state index contributed by atoms with van der Waals surface area (Å²) in [6.45, 7) is 56.7. The molecular formula is C74H124O10Si. The molecule has 2 fully saturated rings. The zero-order valence-electron chi connectivity index (χ0n) is 57.9. The molecule has 2 aliphatic rings. The molecule has 0 unspecified atom stereocenters. The van der Waals surface area contributed by atoms with E-state index in [1.807, 2.05) is 32.1 Å². The monoisotopic (exact) mass is 1200 g/mol. The molecule has 2 aliphatic heterocycles. The lowest BCUT2D eigenvalue weighted by molar-refractivity contribution is -0.147. The van der Waals surface area contributed by atoms with Crippen LogP contribution in [0, 0.1) is 53.3 Å². The van der Waals surface area contributed by atoms with Gasteiger partial charge in [-0.05, 0) is 117 Å². The molecule has 1 N–H and O–H groups in total. The van der Waals surface area contributed by atoms with Crippen LogP contribution in [0.4, 0.5) is 0 Å². The van der Waals surface area contributed by atoms with Gasteiger partial charge < -0.3 is 42.7 Å². The van der Waals surface area contributed by atoms with Gasteiger partial charge in [0.15, 0.2) is 0 Å². The Balaban J connectivity index is 0.00000107. The topological polar surface area (TPSA) is 122 Å². The quantitative estimate of drug-likeness (QED) is 0.0210. The maximum absolute atomic E-state index is 11.2. The SMILES string of the molecule is C=C(C)C[C@H](C)CO[Si](c1ccccc1)(c1ccccc1)C(C)(C)C.C=C/C=C(\C)[C@H]1O[C@@H](CC(=O)OC)CC[C@@H]1C.C=C[C@@H](C)C[C@@]1(C)O[C@@H]1[C@H](C)[C@@H](OC)[C@@H](C)O.C=C[C@H](C)[C@@H](OC)C(C)C.CO[C@@H](C(C)C)[C@@H](C)/C=C(\C)C[C@H](C)C=O. The minimum Gasteiger partial charge on any atom is -0.469 e. The highest BCUT2D eigenvalue weighted by atomic mass is 28.4. The number of hydrogen-bond donors (Lipinski definition) is 1. The average molecular weight is 1200 g/mol. The number of aliphatic hydroxyl groups excluding tert-OH is 1. The van der Waals surface area contributed by atoms with E-state index in [2.05, 4.69) is 209 Å². The van der Waals surface area contributed by atoms with E-state index in [1.165, 1.54) is 34.2 Å². The summed E-state index contributed by atoms with van der Waals surface area (Å²) in [5, 5.41) is 12.4. The number of aliphatic hydroxyl groups is 1. The van der Waals surface area contributed by atoms with Crippen LogP contribution in [-0.2, 0) is 42.4 Å². The van der Waals surface area contributed by atoms with E-state index in [0.29, 0.717) is 54.0 Å². The first kappa shape index (κ1) is 81.0. The van der Waals surface area contributed by atoms with Gasteiger partial charge in [-0.15, -0.1) is 19.7 Å². The number of benzene rings is 2. The number of ether oxygens (including phenoxy) is 6. The smallest absolute Gasteiger partial charge is 0.308 e. The zero-order valence-corrected chi connectivity index (χ0v) is 58.9. The van der Waals surface area contributed by atoms with Gasteiger partial charge >= 0.3 is 5.97 Å². The molecule has 0 aliphatic carbocycles. The third kappa shape index (κ3) is 28.3. The number of allylic oxidation sites excluding steroid dienone is 5. The van der Waals surface area contributed by atoms with Crippen molar-refractivity contribution >= 4 is 30.9 Å². The Kier molecular flexibility index (Phi) is 39.3. The lowest BCUT2D eigenvalue weighted by Crippen LogP contribution is -2.66. The Morgan fingerprint density at radius 2 is 1.26 bits per heavy atom. The first-order valence-corrected chi connectivity index (χ1v) is 33.4. The van der Waals surface area contributed by atoms with Crippen LogP contribution in [-0.4, -0.2) is 109 Å². The number of carbonyl (C=O) groups excluding carboxylic acids is 2. The van der Waals surface area contributed by atoms with E-state index in [9.17, 15) is 14.7 Å². The van der Waals surface area contributed by atoms with Gasteiger partial charge in [-0.3, -0.25) is 4.79 Å². The van der Waals surface area contributed by atoms with Gasteiger partial charge in [0.1, 0.15) is 6.29 Å².